The zero-order valence-electron chi connectivity index (χ0n) is 7.99. The molecule has 0 aliphatic heterocycles. The van der Waals surface area contributed by atoms with Gasteiger partial charge in [-0.05, 0) is 12.1 Å². The molecule has 0 aliphatic rings. The van der Waals surface area contributed by atoms with Crippen molar-refractivity contribution in [2.45, 2.75) is 6.18 Å². The number of halogens is 5. The van der Waals surface area contributed by atoms with Crippen LogP contribution in [0.5, 0.6) is 0 Å². The van der Waals surface area contributed by atoms with Crippen molar-refractivity contribution in [1.82, 2.24) is 0 Å². The van der Waals surface area contributed by atoms with E-state index in [0.717, 1.165) is 12.1 Å². The van der Waals surface area contributed by atoms with E-state index in [4.69, 9.17) is 23.2 Å². The first-order valence-electron chi connectivity index (χ1n) is 3.97. The normalized spacial score (nSPS) is 11.7. The van der Waals surface area contributed by atoms with E-state index in [0.29, 0.717) is 5.69 Å². The number of benzene rings is 1. The Bertz CT molecular complexity index is 351. The molecule has 0 atom stereocenters. The Morgan fingerprint density at radius 1 is 1.07 bits per heavy atom. The molecule has 1 aromatic carbocycles. The fourth-order valence-electron chi connectivity index (χ4n) is 1.16. The number of rotatable bonds is 1. The number of hydrogen-bond donors (Lipinski definition) is 0. The van der Waals surface area contributed by atoms with Gasteiger partial charge in [-0.25, -0.2) is 0 Å². The van der Waals surface area contributed by atoms with Gasteiger partial charge in [-0.3, -0.25) is 0 Å². The van der Waals surface area contributed by atoms with E-state index < -0.39 is 11.7 Å². The van der Waals surface area contributed by atoms with E-state index >= 15 is 0 Å². The third-order valence-corrected chi connectivity index (χ3v) is 2.37. The van der Waals surface area contributed by atoms with E-state index in [1.807, 2.05) is 0 Å². The molecule has 0 saturated heterocycles. The van der Waals surface area contributed by atoms with E-state index in [-0.39, 0.29) is 10.0 Å². The van der Waals surface area contributed by atoms with Gasteiger partial charge in [0.15, 0.2) is 0 Å². The molecular formula is C9H8Cl2F3N. The minimum Gasteiger partial charge on any atom is -0.375 e. The van der Waals surface area contributed by atoms with Crippen LogP contribution in [0.4, 0.5) is 18.9 Å². The lowest BCUT2D eigenvalue weighted by molar-refractivity contribution is -0.137. The van der Waals surface area contributed by atoms with Crippen LogP contribution >= 0.6 is 23.2 Å². The molecule has 0 radical (unpaired) electrons. The maximum absolute atomic E-state index is 12.3. The highest BCUT2D eigenvalue weighted by Gasteiger charge is 2.32. The van der Waals surface area contributed by atoms with E-state index in [1.165, 1.54) is 0 Å². The van der Waals surface area contributed by atoms with Crippen LogP contribution in [-0.2, 0) is 6.18 Å². The predicted molar refractivity (Wildman–Crippen MR) is 55.8 cm³/mol. The lowest BCUT2D eigenvalue weighted by Gasteiger charge is -2.18. The molecule has 0 spiro atoms. The van der Waals surface area contributed by atoms with Gasteiger partial charge in [0.2, 0.25) is 0 Å². The first kappa shape index (κ1) is 12.5. The van der Waals surface area contributed by atoms with Crippen LogP contribution in [0.2, 0.25) is 10.0 Å². The fourth-order valence-corrected chi connectivity index (χ4v) is 1.98. The summed E-state index contributed by atoms with van der Waals surface area (Å²) in [6.07, 6.45) is -4.43. The first-order chi connectivity index (χ1) is 6.73. The summed E-state index contributed by atoms with van der Waals surface area (Å²) in [5, 5.41) is -0.0281. The summed E-state index contributed by atoms with van der Waals surface area (Å²) in [6.45, 7) is 0. The molecule has 1 nitrogen and oxygen atoms in total. The average molecular weight is 258 g/mol. The smallest absolute Gasteiger partial charge is 0.375 e. The van der Waals surface area contributed by atoms with Crippen LogP contribution < -0.4 is 4.90 Å². The average Bonchev–Trinajstić information content (AvgIpc) is 1.99. The van der Waals surface area contributed by atoms with Crippen LogP contribution in [0, 0.1) is 0 Å². The summed E-state index contributed by atoms with van der Waals surface area (Å²) in [4.78, 5) is 1.56. The maximum Gasteiger partial charge on any atom is 0.416 e. The number of alkyl halides is 3. The van der Waals surface area contributed by atoms with Gasteiger partial charge in [0, 0.05) is 14.1 Å². The Labute approximate surface area is 95.4 Å². The van der Waals surface area contributed by atoms with Gasteiger partial charge in [-0.1, -0.05) is 23.2 Å². The Morgan fingerprint density at radius 3 is 1.73 bits per heavy atom. The van der Waals surface area contributed by atoms with Crippen LogP contribution in [-0.4, -0.2) is 14.1 Å². The maximum atomic E-state index is 12.3. The summed E-state index contributed by atoms with van der Waals surface area (Å²) in [5.41, 5.74) is -0.463. The minimum atomic E-state index is -4.43. The van der Waals surface area contributed by atoms with Crippen molar-refractivity contribution in [1.29, 1.82) is 0 Å². The standard InChI is InChI=1S/C9H8Cl2F3N/c1-15(2)8-6(10)3-5(4-7(8)11)9(12,13)14/h3-4H,1-2H3. The highest BCUT2D eigenvalue weighted by molar-refractivity contribution is 6.39. The third-order valence-electron chi connectivity index (χ3n) is 1.79. The molecule has 0 fully saturated rings. The zero-order valence-corrected chi connectivity index (χ0v) is 9.50. The number of anilines is 1. The van der Waals surface area contributed by atoms with E-state index in [1.54, 1.807) is 19.0 Å². The molecule has 1 rings (SSSR count). The van der Waals surface area contributed by atoms with Gasteiger partial charge in [0.1, 0.15) is 0 Å². The monoisotopic (exact) mass is 257 g/mol. The molecule has 0 aromatic heterocycles. The minimum absolute atomic E-state index is 0.0141. The van der Waals surface area contributed by atoms with Gasteiger partial charge in [0.25, 0.3) is 0 Å². The Kier molecular flexibility index (Phi) is 3.41. The van der Waals surface area contributed by atoms with Crippen molar-refractivity contribution in [3.05, 3.63) is 27.7 Å². The summed E-state index contributed by atoms with van der Waals surface area (Å²) in [6, 6.07) is 1.73. The molecule has 0 amide bonds. The molecule has 0 aliphatic carbocycles. The quantitative estimate of drug-likeness (QED) is 0.733. The largest absolute Gasteiger partial charge is 0.416 e. The molecule has 0 saturated carbocycles. The molecule has 15 heavy (non-hydrogen) atoms. The second kappa shape index (κ2) is 4.10. The Balaban J connectivity index is 3.32. The van der Waals surface area contributed by atoms with Crippen molar-refractivity contribution in [3.63, 3.8) is 0 Å². The van der Waals surface area contributed by atoms with Gasteiger partial charge >= 0.3 is 6.18 Å². The topological polar surface area (TPSA) is 3.24 Å². The molecule has 0 bridgehead atoms. The molecule has 84 valence electrons. The SMILES string of the molecule is CN(C)c1c(Cl)cc(C(F)(F)F)cc1Cl. The van der Waals surface area contributed by atoms with Crippen molar-refractivity contribution in [2.75, 3.05) is 19.0 Å². The van der Waals surface area contributed by atoms with E-state index in [9.17, 15) is 13.2 Å². The summed E-state index contributed by atoms with van der Waals surface area (Å²) < 4.78 is 37.0. The summed E-state index contributed by atoms with van der Waals surface area (Å²) in [7, 11) is 3.31. The van der Waals surface area contributed by atoms with Crippen molar-refractivity contribution >= 4 is 28.9 Å². The summed E-state index contributed by atoms with van der Waals surface area (Å²) >= 11 is 11.4. The first-order valence-corrected chi connectivity index (χ1v) is 4.72. The van der Waals surface area contributed by atoms with Gasteiger partial charge in [-0.2, -0.15) is 13.2 Å². The summed E-state index contributed by atoms with van der Waals surface area (Å²) in [5.74, 6) is 0. The number of hydrogen-bond acceptors (Lipinski definition) is 1. The third kappa shape index (κ3) is 2.69. The van der Waals surface area contributed by atoms with Gasteiger partial charge in [0.05, 0.1) is 21.3 Å². The Morgan fingerprint density at radius 2 is 1.47 bits per heavy atom. The van der Waals surface area contributed by atoms with Crippen LogP contribution in [0.3, 0.4) is 0 Å². The highest BCUT2D eigenvalue weighted by Crippen LogP contribution is 2.39. The second-order valence-corrected chi connectivity index (χ2v) is 4.00. The lowest BCUT2D eigenvalue weighted by Crippen LogP contribution is -2.12. The van der Waals surface area contributed by atoms with Crippen molar-refractivity contribution in [2.24, 2.45) is 0 Å². The number of nitrogens with zero attached hydrogens (tertiary/aromatic N) is 1. The molecule has 1 aromatic rings. The van der Waals surface area contributed by atoms with Crippen LogP contribution in [0.25, 0.3) is 0 Å². The van der Waals surface area contributed by atoms with E-state index in [2.05, 4.69) is 0 Å². The highest BCUT2D eigenvalue weighted by atomic mass is 35.5. The molecule has 0 unspecified atom stereocenters. The van der Waals surface area contributed by atoms with Gasteiger partial charge in [-0.15, -0.1) is 0 Å². The second-order valence-electron chi connectivity index (χ2n) is 3.18. The molecular weight excluding hydrogens is 250 g/mol. The van der Waals surface area contributed by atoms with Crippen molar-refractivity contribution < 1.29 is 13.2 Å². The van der Waals surface area contributed by atoms with Crippen molar-refractivity contribution in [3.8, 4) is 0 Å². The fraction of sp³-hybridized carbons (Fsp3) is 0.333. The molecule has 0 heterocycles. The molecule has 6 heteroatoms. The van der Waals surface area contributed by atoms with Gasteiger partial charge < -0.3 is 4.90 Å². The predicted octanol–water partition coefficient (Wildman–Crippen LogP) is 4.08. The zero-order chi connectivity index (χ0) is 11.8. The molecule has 0 N–H and O–H groups in total. The Hall–Kier alpha value is -0.610. The lowest BCUT2D eigenvalue weighted by atomic mass is 10.2. The van der Waals surface area contributed by atoms with Crippen LogP contribution in [0.15, 0.2) is 12.1 Å². The van der Waals surface area contributed by atoms with Crippen LogP contribution in [0.1, 0.15) is 5.56 Å².